The number of hydrogen-bond acceptors (Lipinski definition) is 4. The highest BCUT2D eigenvalue weighted by atomic mass is 16.5. The Labute approximate surface area is 82.5 Å². The summed E-state index contributed by atoms with van der Waals surface area (Å²) < 4.78 is 6.02. The Morgan fingerprint density at radius 2 is 2.36 bits per heavy atom. The molecule has 0 aromatic carbocycles. The van der Waals surface area contributed by atoms with Gasteiger partial charge in [0.1, 0.15) is 0 Å². The highest BCUT2D eigenvalue weighted by molar-refractivity contribution is 5.12. The predicted molar refractivity (Wildman–Crippen MR) is 50.4 cm³/mol. The van der Waals surface area contributed by atoms with Gasteiger partial charge < -0.3 is 9.94 Å². The van der Waals surface area contributed by atoms with Gasteiger partial charge in [0.2, 0.25) is 5.88 Å². The quantitative estimate of drug-likeness (QED) is 0.560. The van der Waals surface area contributed by atoms with E-state index in [9.17, 15) is 5.21 Å². The third kappa shape index (κ3) is 2.48. The fourth-order valence-electron chi connectivity index (χ4n) is 0.986. The number of nitrogens with zero attached hydrogens (tertiary/aromatic N) is 2. The van der Waals surface area contributed by atoms with Crippen molar-refractivity contribution in [3.63, 3.8) is 0 Å². The van der Waals surface area contributed by atoms with Crippen molar-refractivity contribution in [2.45, 2.75) is 26.7 Å². The highest BCUT2D eigenvalue weighted by Gasteiger charge is 2.01. The van der Waals surface area contributed by atoms with Gasteiger partial charge in [-0.25, -0.2) is 0 Å². The Morgan fingerprint density at radius 3 is 2.93 bits per heavy atom. The second kappa shape index (κ2) is 4.64. The molecule has 5 heteroatoms. The van der Waals surface area contributed by atoms with Crippen LogP contribution in [0.4, 0.5) is 0 Å². The third-order valence-corrected chi connectivity index (χ3v) is 1.83. The second-order valence-corrected chi connectivity index (χ2v) is 3.07. The maximum absolute atomic E-state index is 9.21. The van der Waals surface area contributed by atoms with Crippen LogP contribution in [-0.2, 0) is 0 Å². The first kappa shape index (κ1) is 10.6. The van der Waals surface area contributed by atoms with Crippen LogP contribution in [0.15, 0.2) is 6.07 Å². The van der Waals surface area contributed by atoms with E-state index in [1.807, 2.05) is 0 Å². The molecular formula is C9H15N3O2. The van der Waals surface area contributed by atoms with E-state index in [0.29, 0.717) is 22.9 Å². The van der Waals surface area contributed by atoms with Gasteiger partial charge in [-0.1, -0.05) is 13.3 Å². The van der Waals surface area contributed by atoms with Crippen molar-refractivity contribution in [2.24, 2.45) is 0 Å². The summed E-state index contributed by atoms with van der Waals surface area (Å²) in [4.78, 5) is 3.76. The first-order chi connectivity index (χ1) is 6.65. The monoisotopic (exact) mass is 197 g/mol. The molecule has 0 amide bonds. The lowest BCUT2D eigenvalue weighted by atomic mass is 10.4. The van der Waals surface area contributed by atoms with Crippen LogP contribution in [0.3, 0.4) is 0 Å². The molecule has 0 saturated heterocycles. The van der Waals surface area contributed by atoms with Gasteiger partial charge in [0.05, 0.1) is 12.3 Å². The molecule has 1 rings (SSSR count). The molecule has 78 valence electrons. The van der Waals surface area contributed by atoms with E-state index >= 15 is 0 Å². The zero-order valence-electron chi connectivity index (χ0n) is 8.45. The van der Waals surface area contributed by atoms with Crippen LogP contribution in [0.2, 0.25) is 0 Å². The topological polar surface area (TPSA) is 71.1 Å². The normalized spacial score (nSPS) is 10.1. The lowest BCUT2D eigenvalue weighted by Crippen LogP contribution is -2.23. The molecule has 0 fully saturated rings. The average Bonchev–Trinajstić information content (AvgIpc) is 2.14. The third-order valence-electron chi connectivity index (χ3n) is 1.83. The Hall–Kier alpha value is -1.52. The van der Waals surface area contributed by atoms with Crippen molar-refractivity contribution in [2.75, 3.05) is 6.61 Å². The Balaban J connectivity index is 2.75. The minimum atomic E-state index is -0.212. The molecule has 2 N–H and O–H groups in total. The first-order valence-electron chi connectivity index (χ1n) is 4.62. The molecule has 0 atom stereocenters. The van der Waals surface area contributed by atoms with Crippen molar-refractivity contribution in [1.29, 1.82) is 5.41 Å². The number of unbranched alkanes of at least 4 members (excludes halogenated alkanes) is 1. The van der Waals surface area contributed by atoms with Gasteiger partial charge >= 0.3 is 0 Å². The largest absolute Gasteiger partial charge is 0.478 e. The fraction of sp³-hybridized carbons (Fsp3) is 0.556. The van der Waals surface area contributed by atoms with Gasteiger partial charge in [0.15, 0.2) is 0 Å². The van der Waals surface area contributed by atoms with Gasteiger partial charge in [-0.3, -0.25) is 5.41 Å². The van der Waals surface area contributed by atoms with Gasteiger partial charge in [0, 0.05) is 6.07 Å². The van der Waals surface area contributed by atoms with Gasteiger partial charge in [-0.15, -0.1) is 0 Å². The Bertz CT molecular complexity index is 360. The van der Waals surface area contributed by atoms with Crippen LogP contribution >= 0.6 is 0 Å². The summed E-state index contributed by atoms with van der Waals surface area (Å²) in [7, 11) is 0. The van der Waals surface area contributed by atoms with E-state index in [0.717, 1.165) is 12.8 Å². The van der Waals surface area contributed by atoms with Crippen molar-refractivity contribution < 1.29 is 9.94 Å². The highest BCUT2D eigenvalue weighted by Crippen LogP contribution is 2.05. The summed E-state index contributed by atoms with van der Waals surface area (Å²) in [6.45, 7) is 4.36. The molecule has 0 radical (unpaired) electrons. The molecular weight excluding hydrogens is 182 g/mol. The second-order valence-electron chi connectivity index (χ2n) is 3.07. The molecule has 0 aliphatic carbocycles. The molecule has 0 bridgehead atoms. The summed E-state index contributed by atoms with van der Waals surface area (Å²) in [6.07, 6.45) is 2.02. The minimum absolute atomic E-state index is 0.212. The first-order valence-corrected chi connectivity index (χ1v) is 4.62. The lowest BCUT2D eigenvalue weighted by Gasteiger charge is -2.06. The zero-order chi connectivity index (χ0) is 10.6. The number of ether oxygens (including phenoxy) is 1. The number of aromatic nitrogens is 2. The van der Waals surface area contributed by atoms with Crippen molar-refractivity contribution in [3.8, 4) is 5.88 Å². The van der Waals surface area contributed by atoms with Gasteiger partial charge in [-0.2, -0.15) is 9.71 Å². The molecule has 0 aliphatic heterocycles. The number of nitrogens with one attached hydrogen (secondary N) is 1. The molecule has 0 spiro atoms. The predicted octanol–water partition coefficient (Wildman–Crippen LogP) is 1.09. The SMILES string of the molecule is CCCCOc1cc(C)n(O)c(=N)n1. The van der Waals surface area contributed by atoms with Crippen LogP contribution in [0.1, 0.15) is 25.5 Å². The molecule has 5 nitrogen and oxygen atoms in total. The molecule has 0 saturated carbocycles. The maximum atomic E-state index is 9.21. The van der Waals surface area contributed by atoms with Crippen molar-refractivity contribution in [1.82, 2.24) is 9.71 Å². The van der Waals surface area contributed by atoms with E-state index < -0.39 is 0 Å². The van der Waals surface area contributed by atoms with Crippen LogP contribution in [0.5, 0.6) is 5.88 Å². The summed E-state index contributed by atoms with van der Waals surface area (Å²) in [5, 5.41) is 16.5. The molecule has 0 unspecified atom stereocenters. The van der Waals surface area contributed by atoms with E-state index in [1.165, 1.54) is 0 Å². The van der Waals surface area contributed by atoms with Crippen LogP contribution in [-0.4, -0.2) is 21.5 Å². The maximum Gasteiger partial charge on any atom is 0.258 e. The van der Waals surface area contributed by atoms with Crippen molar-refractivity contribution >= 4 is 0 Å². The molecule has 0 aliphatic rings. The van der Waals surface area contributed by atoms with Crippen LogP contribution in [0, 0.1) is 12.3 Å². The van der Waals surface area contributed by atoms with E-state index in [-0.39, 0.29) is 5.62 Å². The van der Waals surface area contributed by atoms with Crippen LogP contribution < -0.4 is 10.4 Å². The number of rotatable bonds is 4. The summed E-state index contributed by atoms with van der Waals surface area (Å²) in [6, 6.07) is 1.60. The molecule has 1 aromatic rings. The smallest absolute Gasteiger partial charge is 0.258 e. The summed E-state index contributed by atoms with van der Waals surface area (Å²) in [5.74, 6) is 0.395. The number of aryl methyl sites for hydroxylation is 1. The number of hydrogen-bond donors (Lipinski definition) is 2. The average molecular weight is 197 g/mol. The van der Waals surface area contributed by atoms with E-state index in [1.54, 1.807) is 13.0 Å². The Kier molecular flexibility index (Phi) is 3.50. The summed E-state index contributed by atoms with van der Waals surface area (Å²) in [5.41, 5.74) is 0.327. The standard InChI is InChI=1S/C9H15N3O2/c1-3-4-5-14-8-6-7(2)12(13)9(10)11-8/h6,10,13H,3-5H2,1-2H3. The van der Waals surface area contributed by atoms with Gasteiger partial charge in [-0.05, 0) is 13.3 Å². The van der Waals surface area contributed by atoms with E-state index in [4.69, 9.17) is 10.1 Å². The molecule has 14 heavy (non-hydrogen) atoms. The Morgan fingerprint density at radius 1 is 1.64 bits per heavy atom. The van der Waals surface area contributed by atoms with Gasteiger partial charge in [0.25, 0.3) is 5.62 Å². The van der Waals surface area contributed by atoms with Crippen LogP contribution in [0.25, 0.3) is 0 Å². The fourth-order valence-corrected chi connectivity index (χ4v) is 0.986. The van der Waals surface area contributed by atoms with E-state index in [2.05, 4.69) is 11.9 Å². The minimum Gasteiger partial charge on any atom is -0.478 e. The zero-order valence-corrected chi connectivity index (χ0v) is 8.45. The lowest BCUT2D eigenvalue weighted by molar-refractivity contribution is 0.154. The van der Waals surface area contributed by atoms with Crippen molar-refractivity contribution in [3.05, 3.63) is 17.4 Å². The molecule has 1 aromatic heterocycles. The molecule has 1 heterocycles. The summed E-state index contributed by atoms with van der Waals surface area (Å²) >= 11 is 0.